The fourth-order valence-electron chi connectivity index (χ4n) is 3.26. The molecule has 0 bridgehead atoms. The summed E-state index contributed by atoms with van der Waals surface area (Å²) in [5.41, 5.74) is 0.820. The minimum atomic E-state index is -0.676. The number of hydrogen-bond donors (Lipinski definition) is 3. The van der Waals surface area contributed by atoms with Gasteiger partial charge in [0, 0.05) is 22.2 Å². The molecule has 0 spiro atoms. The third kappa shape index (κ3) is 16.2. The zero-order chi connectivity index (χ0) is 21.2. The first-order chi connectivity index (χ1) is 14.1. The molecule has 6 heteroatoms. The molecule has 0 fully saturated rings. The summed E-state index contributed by atoms with van der Waals surface area (Å²) >= 11 is 2.24. The average molecular weight is 516 g/mol. The zero-order valence-corrected chi connectivity index (χ0v) is 19.7. The van der Waals surface area contributed by atoms with E-state index in [0.717, 1.165) is 35.1 Å². The number of hydrogen-bond acceptors (Lipinski definition) is 2. The Morgan fingerprint density at radius 1 is 0.724 bits per heavy atom. The van der Waals surface area contributed by atoms with Crippen molar-refractivity contribution in [3.63, 3.8) is 0 Å². The number of urea groups is 1. The Bertz CT molecular complexity index is 564. The van der Waals surface area contributed by atoms with Crippen LogP contribution in [0, 0.1) is 3.57 Å². The number of benzene rings is 1. The lowest BCUT2D eigenvalue weighted by Crippen LogP contribution is -2.29. The minimum absolute atomic E-state index is 0.131. The molecule has 1 aromatic rings. The molecule has 0 aliphatic carbocycles. The first-order valence-electron chi connectivity index (χ1n) is 11.1. The van der Waals surface area contributed by atoms with Crippen LogP contribution in [-0.2, 0) is 4.79 Å². The molecule has 0 saturated carbocycles. The number of rotatable bonds is 17. The smallest absolute Gasteiger partial charge is 0.319 e. The van der Waals surface area contributed by atoms with Crippen LogP contribution in [0.15, 0.2) is 24.3 Å². The second kappa shape index (κ2) is 17.5. The van der Waals surface area contributed by atoms with Crippen LogP contribution < -0.4 is 10.6 Å². The predicted octanol–water partition coefficient (Wildman–Crippen LogP) is 6.96. The third-order valence-electron chi connectivity index (χ3n) is 4.96. The zero-order valence-electron chi connectivity index (χ0n) is 17.6. The van der Waals surface area contributed by atoms with Crippen molar-refractivity contribution in [2.75, 3.05) is 11.9 Å². The Labute approximate surface area is 189 Å². The molecule has 0 aliphatic rings. The highest BCUT2D eigenvalue weighted by Gasteiger charge is 2.01. The molecule has 0 aliphatic heterocycles. The molecule has 1 rings (SSSR count). The number of carbonyl (C=O) groups is 2. The van der Waals surface area contributed by atoms with E-state index in [1.807, 2.05) is 24.3 Å². The van der Waals surface area contributed by atoms with Crippen LogP contribution in [0.3, 0.4) is 0 Å². The monoisotopic (exact) mass is 516 g/mol. The maximum absolute atomic E-state index is 11.8. The summed E-state index contributed by atoms with van der Waals surface area (Å²) in [5, 5.41) is 14.3. The van der Waals surface area contributed by atoms with E-state index in [4.69, 9.17) is 5.11 Å². The molecular formula is C23H37IN2O3. The maximum atomic E-state index is 11.8. The molecule has 1 aromatic carbocycles. The highest BCUT2D eigenvalue weighted by atomic mass is 127. The first kappa shape index (κ1) is 25.7. The van der Waals surface area contributed by atoms with Crippen LogP contribution in [0.1, 0.15) is 89.9 Å². The van der Waals surface area contributed by atoms with Crippen LogP contribution in [0.25, 0.3) is 0 Å². The van der Waals surface area contributed by atoms with E-state index < -0.39 is 5.97 Å². The van der Waals surface area contributed by atoms with Gasteiger partial charge >= 0.3 is 12.0 Å². The van der Waals surface area contributed by atoms with E-state index >= 15 is 0 Å². The quantitative estimate of drug-likeness (QED) is 0.155. The van der Waals surface area contributed by atoms with Gasteiger partial charge < -0.3 is 15.7 Å². The highest BCUT2D eigenvalue weighted by Crippen LogP contribution is 2.13. The molecule has 0 aromatic heterocycles. The Kier molecular flexibility index (Phi) is 15.6. The lowest BCUT2D eigenvalue weighted by molar-refractivity contribution is -0.137. The van der Waals surface area contributed by atoms with E-state index in [9.17, 15) is 9.59 Å². The summed E-state index contributed by atoms with van der Waals surface area (Å²) in [6.45, 7) is 0.725. The van der Waals surface area contributed by atoms with Gasteiger partial charge in [-0.3, -0.25) is 4.79 Å². The number of aliphatic carboxylic acids is 1. The summed E-state index contributed by atoms with van der Waals surface area (Å²) < 4.78 is 1.15. The molecule has 29 heavy (non-hydrogen) atoms. The fraction of sp³-hybridized carbons (Fsp3) is 0.652. The lowest BCUT2D eigenvalue weighted by atomic mass is 10.0. The molecule has 3 N–H and O–H groups in total. The normalized spacial score (nSPS) is 10.7. The van der Waals surface area contributed by atoms with Crippen LogP contribution in [0.2, 0.25) is 0 Å². The van der Waals surface area contributed by atoms with Crippen LogP contribution >= 0.6 is 22.6 Å². The largest absolute Gasteiger partial charge is 0.481 e. The number of carboxylic acid groups (broad SMARTS) is 1. The maximum Gasteiger partial charge on any atom is 0.319 e. The van der Waals surface area contributed by atoms with Crippen molar-refractivity contribution < 1.29 is 14.7 Å². The lowest BCUT2D eigenvalue weighted by Gasteiger charge is -2.07. The third-order valence-corrected chi connectivity index (χ3v) is 5.67. The van der Waals surface area contributed by atoms with Crippen molar-refractivity contribution in [1.82, 2.24) is 5.32 Å². The Morgan fingerprint density at radius 3 is 1.66 bits per heavy atom. The van der Waals surface area contributed by atoms with Crippen molar-refractivity contribution in [2.45, 2.75) is 89.9 Å². The Balaban J connectivity index is 1.79. The van der Waals surface area contributed by atoms with Gasteiger partial charge in [-0.1, -0.05) is 70.6 Å². The summed E-state index contributed by atoms with van der Waals surface area (Å²) in [7, 11) is 0. The topological polar surface area (TPSA) is 78.4 Å². The fourth-order valence-corrected chi connectivity index (χ4v) is 3.62. The van der Waals surface area contributed by atoms with Crippen molar-refractivity contribution in [2.24, 2.45) is 0 Å². The summed E-state index contributed by atoms with van der Waals surface area (Å²) in [5.74, 6) is -0.676. The molecule has 0 unspecified atom stereocenters. The van der Waals surface area contributed by atoms with Gasteiger partial charge in [0.2, 0.25) is 0 Å². The number of carbonyl (C=O) groups excluding carboxylic acids is 1. The molecule has 0 radical (unpaired) electrons. The van der Waals surface area contributed by atoms with Crippen LogP contribution in [-0.4, -0.2) is 23.7 Å². The number of amides is 2. The van der Waals surface area contributed by atoms with E-state index in [2.05, 4.69) is 33.2 Å². The number of anilines is 1. The number of carboxylic acids is 1. The second-order valence-electron chi connectivity index (χ2n) is 7.63. The van der Waals surface area contributed by atoms with Gasteiger partial charge in [0.25, 0.3) is 0 Å². The van der Waals surface area contributed by atoms with Crippen LogP contribution in [0.4, 0.5) is 10.5 Å². The second-order valence-corrected chi connectivity index (χ2v) is 8.87. The Hall–Kier alpha value is -1.31. The summed E-state index contributed by atoms with van der Waals surface area (Å²) in [6, 6.07) is 7.63. The van der Waals surface area contributed by atoms with Crippen molar-refractivity contribution in [3.8, 4) is 0 Å². The van der Waals surface area contributed by atoms with Crippen molar-refractivity contribution in [3.05, 3.63) is 27.8 Å². The Morgan fingerprint density at radius 2 is 1.17 bits per heavy atom. The molecule has 0 atom stereocenters. The SMILES string of the molecule is O=C(O)CCCCCCCCCCCCCCCNC(=O)Nc1ccc(I)cc1. The van der Waals surface area contributed by atoms with Gasteiger partial charge in [0.1, 0.15) is 0 Å². The van der Waals surface area contributed by atoms with Gasteiger partial charge in [-0.15, -0.1) is 0 Å². The molecule has 2 amide bonds. The van der Waals surface area contributed by atoms with Gasteiger partial charge in [0.05, 0.1) is 0 Å². The van der Waals surface area contributed by atoms with Crippen molar-refractivity contribution >= 4 is 40.3 Å². The average Bonchev–Trinajstić information content (AvgIpc) is 2.69. The number of unbranched alkanes of at least 4 members (excludes halogenated alkanes) is 12. The van der Waals surface area contributed by atoms with E-state index in [-0.39, 0.29) is 6.03 Å². The van der Waals surface area contributed by atoms with Gasteiger partial charge in [-0.05, 0) is 59.7 Å². The standard InChI is InChI=1S/C23H37IN2O3/c24-20-15-17-21(18-16-20)26-23(29)25-19-13-11-9-7-5-3-1-2-4-6-8-10-12-14-22(27)28/h15-18H,1-14,19H2,(H,27,28)(H2,25,26,29). The summed E-state index contributed by atoms with van der Waals surface area (Å²) in [4.78, 5) is 22.2. The van der Waals surface area contributed by atoms with Crippen molar-refractivity contribution in [1.29, 1.82) is 0 Å². The van der Waals surface area contributed by atoms with Gasteiger partial charge in [-0.25, -0.2) is 4.79 Å². The van der Waals surface area contributed by atoms with E-state index in [1.54, 1.807) is 0 Å². The van der Waals surface area contributed by atoms with E-state index in [1.165, 1.54) is 64.2 Å². The van der Waals surface area contributed by atoms with Crippen LogP contribution in [0.5, 0.6) is 0 Å². The van der Waals surface area contributed by atoms with E-state index in [0.29, 0.717) is 6.42 Å². The predicted molar refractivity (Wildman–Crippen MR) is 128 cm³/mol. The number of nitrogens with one attached hydrogen (secondary N) is 2. The molecule has 5 nitrogen and oxygen atoms in total. The molecule has 164 valence electrons. The highest BCUT2D eigenvalue weighted by molar-refractivity contribution is 14.1. The first-order valence-corrected chi connectivity index (χ1v) is 12.2. The molecular weight excluding hydrogens is 479 g/mol. The van der Waals surface area contributed by atoms with Gasteiger partial charge in [-0.2, -0.15) is 0 Å². The molecule has 0 saturated heterocycles. The minimum Gasteiger partial charge on any atom is -0.481 e. The van der Waals surface area contributed by atoms with Gasteiger partial charge in [0.15, 0.2) is 0 Å². The molecule has 0 heterocycles. The number of halogens is 1. The summed E-state index contributed by atoms with van der Waals surface area (Å²) in [6.07, 6.45) is 15.8.